The van der Waals surface area contributed by atoms with E-state index in [1.165, 1.54) is 33.7 Å². The van der Waals surface area contributed by atoms with Crippen LogP contribution in [0.3, 0.4) is 0 Å². The molecular weight excluding hydrogens is 658 g/mol. The van der Waals surface area contributed by atoms with Gasteiger partial charge in [-0.05, 0) is 66.2 Å². The number of carbonyl (C=O) groups excluding carboxylic acids is 3. The normalized spacial score (nSPS) is 19.3. The van der Waals surface area contributed by atoms with Crippen molar-refractivity contribution >= 4 is 79.5 Å². The van der Waals surface area contributed by atoms with Gasteiger partial charge in [0.2, 0.25) is 27.7 Å². The van der Waals surface area contributed by atoms with Crippen LogP contribution < -0.4 is 25.1 Å². The highest BCUT2D eigenvalue weighted by atomic mass is 35.5. The van der Waals surface area contributed by atoms with Crippen LogP contribution in [0, 0.1) is 5.92 Å². The fraction of sp³-hybridized carbons (Fsp3) is 0.200. The summed E-state index contributed by atoms with van der Waals surface area (Å²) in [6.45, 7) is -0.360. The van der Waals surface area contributed by atoms with Crippen molar-refractivity contribution < 1.29 is 22.8 Å². The molecule has 232 valence electrons. The van der Waals surface area contributed by atoms with E-state index in [0.29, 0.717) is 26.3 Å². The summed E-state index contributed by atoms with van der Waals surface area (Å²) in [5.41, 5.74) is 2.42. The van der Waals surface area contributed by atoms with Gasteiger partial charge in [0.05, 0.1) is 21.5 Å². The number of fused-ring (bicyclic) bond motifs is 2. The molecule has 3 amide bonds. The van der Waals surface area contributed by atoms with Crippen molar-refractivity contribution in [3.63, 3.8) is 0 Å². The van der Waals surface area contributed by atoms with Gasteiger partial charge in [-0.2, -0.15) is 0 Å². The van der Waals surface area contributed by atoms with Gasteiger partial charge < -0.3 is 10.2 Å². The van der Waals surface area contributed by atoms with E-state index in [1.807, 2.05) is 43.3 Å². The number of nitrogens with one attached hydrogen (secondary N) is 1. The van der Waals surface area contributed by atoms with E-state index in [4.69, 9.17) is 16.7 Å². The minimum absolute atomic E-state index is 0.109. The molecule has 2 unspecified atom stereocenters. The number of halogens is 1. The molecule has 0 saturated carbocycles. The molecule has 2 aliphatic heterocycles. The third-order valence-corrected chi connectivity index (χ3v) is 11.5. The fourth-order valence-corrected chi connectivity index (χ4v) is 8.93. The predicted molar refractivity (Wildman–Crippen MR) is 175 cm³/mol. The van der Waals surface area contributed by atoms with Crippen LogP contribution in [0.25, 0.3) is 0 Å². The van der Waals surface area contributed by atoms with Gasteiger partial charge in [0.25, 0.3) is 0 Å². The smallest absolute Gasteiger partial charge is 0.308 e. The van der Waals surface area contributed by atoms with Crippen LogP contribution in [0.2, 0.25) is 5.02 Å². The van der Waals surface area contributed by atoms with Crippen LogP contribution in [0.1, 0.15) is 16.4 Å². The first kappa shape index (κ1) is 31.0. The maximum absolute atomic E-state index is 14.0. The SMILES string of the molecule is CN(C)c1ccc([C@H]2c3sc(=O)n(CC(=O)Nc4ccc(S(N)(=O)=O)cc4)c3SC3C(=O)N(c4ccc(Cl)cc4)C(=O)C32)cc1. The number of thioether (sulfide) groups is 1. The zero-order chi connectivity index (χ0) is 32.2. The third-order valence-electron chi connectivity index (χ3n) is 7.67. The Bertz CT molecular complexity index is 1990. The molecule has 1 saturated heterocycles. The van der Waals surface area contributed by atoms with E-state index in [2.05, 4.69) is 5.32 Å². The number of benzene rings is 3. The molecule has 1 aromatic heterocycles. The number of nitrogens with zero attached hydrogens (tertiary/aromatic N) is 3. The van der Waals surface area contributed by atoms with E-state index >= 15 is 0 Å². The number of hydrogen-bond donors (Lipinski definition) is 2. The highest BCUT2D eigenvalue weighted by molar-refractivity contribution is 8.00. The second-order valence-electron chi connectivity index (χ2n) is 10.8. The maximum atomic E-state index is 14.0. The lowest BCUT2D eigenvalue weighted by atomic mass is 9.83. The Kier molecular flexibility index (Phi) is 8.12. The fourth-order valence-electron chi connectivity index (χ4n) is 5.51. The number of rotatable bonds is 7. The van der Waals surface area contributed by atoms with E-state index in [9.17, 15) is 27.6 Å². The molecule has 6 rings (SSSR count). The summed E-state index contributed by atoms with van der Waals surface area (Å²) in [7, 11) is -0.0787. The van der Waals surface area contributed by atoms with Gasteiger partial charge in [0.1, 0.15) is 11.8 Å². The molecule has 11 nitrogen and oxygen atoms in total. The van der Waals surface area contributed by atoms with Crippen LogP contribution >= 0.6 is 34.7 Å². The Hall–Kier alpha value is -3.95. The average molecular weight is 684 g/mol. The van der Waals surface area contributed by atoms with Gasteiger partial charge in [0, 0.05) is 41.3 Å². The van der Waals surface area contributed by atoms with E-state index in [1.54, 1.807) is 24.3 Å². The maximum Gasteiger partial charge on any atom is 0.308 e. The summed E-state index contributed by atoms with van der Waals surface area (Å²) in [5, 5.41) is 7.89. The monoisotopic (exact) mass is 683 g/mol. The quantitative estimate of drug-likeness (QED) is 0.280. The number of sulfonamides is 1. The molecule has 0 radical (unpaired) electrons. The number of hydrogen-bond acceptors (Lipinski definition) is 9. The van der Waals surface area contributed by atoms with Crippen molar-refractivity contribution in [2.75, 3.05) is 29.2 Å². The van der Waals surface area contributed by atoms with Crippen molar-refractivity contribution in [1.82, 2.24) is 4.57 Å². The molecule has 3 heterocycles. The summed E-state index contributed by atoms with van der Waals surface area (Å²) in [6, 6.07) is 19.4. The number of thiazole rings is 1. The molecule has 3 N–H and O–H groups in total. The minimum atomic E-state index is -3.90. The Morgan fingerprint density at radius 2 is 1.60 bits per heavy atom. The molecule has 1 fully saturated rings. The molecule has 15 heteroatoms. The number of carbonyl (C=O) groups is 3. The van der Waals surface area contributed by atoms with E-state index in [0.717, 1.165) is 34.3 Å². The zero-order valence-electron chi connectivity index (χ0n) is 23.8. The molecule has 45 heavy (non-hydrogen) atoms. The van der Waals surface area contributed by atoms with Gasteiger partial charge in [0.15, 0.2) is 0 Å². The Morgan fingerprint density at radius 3 is 2.20 bits per heavy atom. The van der Waals surface area contributed by atoms with Crippen molar-refractivity contribution in [2.24, 2.45) is 11.1 Å². The van der Waals surface area contributed by atoms with Crippen molar-refractivity contribution in [3.8, 4) is 0 Å². The number of nitrogens with two attached hydrogens (primary N) is 1. The molecule has 0 spiro atoms. The molecule has 3 atom stereocenters. The first-order valence-electron chi connectivity index (χ1n) is 13.6. The summed E-state index contributed by atoms with van der Waals surface area (Å²) in [6.07, 6.45) is 0. The summed E-state index contributed by atoms with van der Waals surface area (Å²) >= 11 is 8.12. The van der Waals surface area contributed by atoms with Crippen molar-refractivity contribution in [3.05, 3.63) is 97.9 Å². The number of primary sulfonamides is 1. The summed E-state index contributed by atoms with van der Waals surface area (Å²) in [4.78, 5) is 57.6. The molecule has 0 bridgehead atoms. The summed E-state index contributed by atoms with van der Waals surface area (Å²) < 4.78 is 24.4. The Labute approximate surface area is 271 Å². The minimum Gasteiger partial charge on any atom is -0.378 e. The largest absolute Gasteiger partial charge is 0.378 e. The molecule has 0 aliphatic carbocycles. The van der Waals surface area contributed by atoms with Gasteiger partial charge in [-0.25, -0.2) is 18.5 Å². The standard InChI is InChI=1S/C30H26ClN5O6S3/c1-34(2)19-9-3-16(4-10-19)23-24-25(28(39)36(27(24)38)20-11-5-17(31)6-12-20)43-29-26(23)44-30(40)35(29)15-22(37)33-18-7-13-21(14-8-18)45(32,41)42/h3-14,23-25H,15H2,1-2H3,(H,33,37)(H2,32,41,42)/t23-,24?,25?/m1/s1. The zero-order valence-corrected chi connectivity index (χ0v) is 27.0. The molecular formula is C30H26ClN5O6S3. The topological polar surface area (TPSA) is 152 Å². The lowest BCUT2D eigenvalue weighted by Crippen LogP contribution is -2.33. The molecule has 2 aliphatic rings. The highest BCUT2D eigenvalue weighted by Crippen LogP contribution is 2.54. The van der Waals surface area contributed by atoms with Crippen LogP contribution in [0.15, 0.2) is 87.5 Å². The van der Waals surface area contributed by atoms with Crippen molar-refractivity contribution in [1.29, 1.82) is 0 Å². The summed E-state index contributed by atoms with van der Waals surface area (Å²) in [5.74, 6) is -2.72. The molecule has 4 aromatic rings. The van der Waals surface area contributed by atoms with Crippen LogP contribution in [0.4, 0.5) is 17.1 Å². The molecule has 3 aromatic carbocycles. The second kappa shape index (κ2) is 11.8. The van der Waals surface area contributed by atoms with Crippen LogP contribution in [-0.2, 0) is 31.0 Å². The third kappa shape index (κ3) is 5.79. The van der Waals surface area contributed by atoms with Gasteiger partial charge in [-0.3, -0.25) is 23.7 Å². The van der Waals surface area contributed by atoms with Gasteiger partial charge in [-0.1, -0.05) is 46.8 Å². The van der Waals surface area contributed by atoms with E-state index < -0.39 is 43.8 Å². The van der Waals surface area contributed by atoms with Crippen LogP contribution in [-0.4, -0.2) is 50.1 Å². The number of anilines is 3. The highest BCUT2D eigenvalue weighted by Gasteiger charge is 2.56. The second-order valence-corrected chi connectivity index (χ2v) is 14.9. The Balaban J connectivity index is 1.37. The lowest BCUT2D eigenvalue weighted by Gasteiger charge is -2.31. The first-order chi connectivity index (χ1) is 21.3. The Morgan fingerprint density at radius 1 is 0.956 bits per heavy atom. The lowest BCUT2D eigenvalue weighted by molar-refractivity contribution is -0.122. The van der Waals surface area contributed by atoms with Crippen molar-refractivity contribution in [2.45, 2.75) is 27.6 Å². The van der Waals surface area contributed by atoms with Crippen LogP contribution in [0.5, 0.6) is 0 Å². The predicted octanol–water partition coefficient (Wildman–Crippen LogP) is 3.71. The first-order valence-corrected chi connectivity index (χ1v) is 17.2. The van der Waals surface area contributed by atoms with E-state index in [-0.39, 0.29) is 17.3 Å². The number of aromatic nitrogens is 1. The van der Waals surface area contributed by atoms with Gasteiger partial charge in [-0.15, -0.1) is 0 Å². The van der Waals surface area contributed by atoms with Gasteiger partial charge >= 0.3 is 4.87 Å². The number of amides is 3. The number of imide groups is 1. The average Bonchev–Trinajstić information content (AvgIpc) is 3.43.